The number of nitrogens with zero attached hydrogens (tertiary/aromatic N) is 11. The first kappa shape index (κ1) is 59.9. The number of rotatable bonds is 22. The van der Waals surface area contributed by atoms with Crippen LogP contribution in [-0.2, 0) is 85.7 Å². The monoisotopic (exact) mass is 1260 g/mol. The van der Waals surface area contributed by atoms with Gasteiger partial charge < -0.3 is 70.3 Å². The summed E-state index contributed by atoms with van der Waals surface area (Å²) in [5, 5.41) is 24.7. The minimum absolute atomic E-state index is 0.0158. The van der Waals surface area contributed by atoms with Crippen molar-refractivity contribution in [1.82, 2.24) is 57.9 Å². The van der Waals surface area contributed by atoms with Gasteiger partial charge in [-0.3, -0.25) is 51.4 Å². The topological polar surface area (TPSA) is 554 Å². The molecule has 82 heavy (non-hydrogen) atoms. The third-order valence-corrected chi connectivity index (χ3v) is 19.9. The number of imidazole rings is 3. The van der Waals surface area contributed by atoms with Crippen LogP contribution in [0.15, 0.2) is 34.9 Å². The lowest BCUT2D eigenvalue weighted by molar-refractivity contribution is -0.747. The second-order valence-electron chi connectivity index (χ2n) is 18.6. The minimum atomic E-state index is -6.28. The number of nitrogen functional groups attached to an aromatic ring is 2. The Labute approximate surface area is 457 Å². The van der Waals surface area contributed by atoms with Gasteiger partial charge in [-0.25, -0.2) is 51.2 Å². The number of methoxy groups -OCH3 is 2. The van der Waals surface area contributed by atoms with Crippen molar-refractivity contribution in [2.75, 3.05) is 70.7 Å². The quantitative estimate of drug-likeness (QED) is 0.0228. The first-order valence-corrected chi connectivity index (χ1v) is 31.3. The molecule has 16 atom stereocenters. The molecule has 13 N–H and O–H groups in total. The summed E-state index contributed by atoms with van der Waals surface area (Å²) in [5.74, 6) is -0.386. The van der Waals surface area contributed by atoms with E-state index in [0.29, 0.717) is 0 Å². The Morgan fingerprint density at radius 2 is 1.43 bits per heavy atom. The zero-order valence-corrected chi connectivity index (χ0v) is 47.1. The van der Waals surface area contributed by atoms with Crippen LogP contribution in [0.4, 0.5) is 17.7 Å². The number of hydrogen-bond acceptors (Lipinski definition) is 30. The number of H-pyrrole nitrogens is 2. The number of aryl methyl sites for hydroxylation is 1. The number of nitrogens with one attached hydrogen (secondary N) is 3. The lowest BCUT2D eigenvalue weighted by Gasteiger charge is -2.34. The van der Waals surface area contributed by atoms with Gasteiger partial charge in [0.15, 0.2) is 41.4 Å². The number of aromatic nitrogens is 12. The van der Waals surface area contributed by atoms with Crippen LogP contribution in [0.2, 0.25) is 0 Å². The van der Waals surface area contributed by atoms with E-state index in [9.17, 15) is 66.1 Å². The van der Waals surface area contributed by atoms with Gasteiger partial charge >= 0.3 is 36.9 Å². The van der Waals surface area contributed by atoms with Crippen LogP contribution in [0.1, 0.15) is 18.7 Å². The Balaban J connectivity index is 0.837. The molecule has 4 saturated heterocycles. The fraction of sp³-hybridized carbons (Fsp3) is 0.583. The summed E-state index contributed by atoms with van der Waals surface area (Å²) < 4.78 is 145. The van der Waals surface area contributed by atoms with Crippen molar-refractivity contribution >= 4 is 92.5 Å². The van der Waals surface area contributed by atoms with E-state index in [1.807, 2.05) is 0 Å². The summed E-state index contributed by atoms with van der Waals surface area (Å²) >= 11 is 0. The Kier molecular flexibility index (Phi) is 15.9. The number of aliphatic hydroxyl groups excluding tert-OH is 2. The summed E-state index contributed by atoms with van der Waals surface area (Å²) in [6.07, 6.45) is -10.6. The molecule has 6 aromatic heterocycles. The molecule has 46 heteroatoms. The summed E-state index contributed by atoms with van der Waals surface area (Å²) in [5.41, 5.74) is 7.87. The van der Waals surface area contributed by atoms with E-state index >= 15 is 0 Å². The molecule has 0 spiro atoms. The molecular formula is C36H51N16O25P4S+. The number of sulfonamides is 1. The minimum Gasteiger partial charge on any atom is -0.387 e. The molecular weight excluding hydrogens is 1210 g/mol. The zero-order valence-electron chi connectivity index (χ0n) is 42.7. The van der Waals surface area contributed by atoms with Gasteiger partial charge in [-0.05, 0) is 0 Å². The molecule has 4 aliphatic heterocycles. The molecule has 10 heterocycles. The van der Waals surface area contributed by atoms with Crippen LogP contribution in [0.25, 0.3) is 33.5 Å². The number of fused-ring (bicyclic) bond motifs is 5. The number of aliphatic hydroxyl groups is 2. The van der Waals surface area contributed by atoms with E-state index in [-0.39, 0.29) is 51.2 Å². The first-order valence-electron chi connectivity index (χ1n) is 23.5. The average molecular weight is 1260 g/mol. The maximum absolute atomic E-state index is 13.8. The predicted molar refractivity (Wildman–Crippen MR) is 267 cm³/mol. The number of phosphoric ester groups is 3. The second-order valence-corrected chi connectivity index (χ2v) is 26.6. The van der Waals surface area contributed by atoms with E-state index in [2.05, 4.69) is 53.8 Å². The number of nitrogens with two attached hydrogens (primary N) is 2. The lowest BCUT2D eigenvalue weighted by atomic mass is 10.0. The van der Waals surface area contributed by atoms with E-state index < -0.39 is 152 Å². The fourth-order valence-corrected chi connectivity index (χ4v) is 15.7. The molecule has 450 valence electrons. The van der Waals surface area contributed by atoms with Gasteiger partial charge in [-0.2, -0.15) is 17.9 Å². The van der Waals surface area contributed by atoms with Crippen molar-refractivity contribution < 1.29 is 111 Å². The smallest absolute Gasteiger partial charge is 0.387 e. The normalized spacial score (nSPS) is 30.7. The van der Waals surface area contributed by atoms with Gasteiger partial charge in [-0.15, -0.1) is 0 Å². The van der Waals surface area contributed by atoms with Gasteiger partial charge in [0.25, 0.3) is 17.1 Å². The predicted octanol–water partition coefficient (Wildman–Crippen LogP) is -3.94. The van der Waals surface area contributed by atoms with Gasteiger partial charge in [-0.1, -0.05) is 4.98 Å². The molecule has 7 unspecified atom stereocenters. The Bertz CT molecular complexity index is 3910. The molecule has 6 aromatic rings. The highest BCUT2D eigenvalue weighted by atomic mass is 32.2. The van der Waals surface area contributed by atoms with Crippen LogP contribution in [0, 0.1) is 0 Å². The van der Waals surface area contributed by atoms with Crippen molar-refractivity contribution in [3.8, 4) is 0 Å². The molecule has 4 aliphatic rings. The number of phosphoric acid groups is 4. The van der Waals surface area contributed by atoms with Crippen LogP contribution >= 0.6 is 31.3 Å². The van der Waals surface area contributed by atoms with E-state index in [1.165, 1.54) is 40.5 Å². The standard InChI is InChI=1S/C36H50N16O25P4S/c1-39-25-16-26(41-10-40-25)49(11-42-16)33-23(67-3)22(75-78(57,58)69-6-14-20(53)21(54)32(72-14)50-12-43-17-27(50)44-34(37)46-29(17)55)15(73-33)7-70-79(59,60)76-81(63,64)77-80(61,62)71-9-36-8-52(82(5,65)66)18(24(36)68-4)31(74-36)51-13-48(2)19-28(51)45-35(38)47-30(19)56/h10-15,18,20-24,31-33,53-54H,6-9H2,1-5H3,(H10-,37,38,39,40,41,44,45,46,47,55,56,57,58,59,60,61,62,63,64)/p+1/t14-,15-,18?,20?,21+,22?,23+,24-,31-,32-,33-,36-/m1/s1. The highest BCUT2D eigenvalue weighted by molar-refractivity contribution is 7.88. The lowest BCUT2D eigenvalue weighted by Crippen LogP contribution is -2.56. The fourth-order valence-electron chi connectivity index (χ4n) is 10.1. The molecule has 0 aliphatic carbocycles. The number of aromatic amines is 2. The van der Waals surface area contributed by atoms with E-state index in [1.54, 1.807) is 0 Å². The summed E-state index contributed by atoms with van der Waals surface area (Å²) in [7, 11) is -22.6. The number of morpholine rings is 1. The van der Waals surface area contributed by atoms with Gasteiger partial charge in [0.05, 0.1) is 45.8 Å². The van der Waals surface area contributed by atoms with Crippen molar-refractivity contribution in [2.24, 2.45) is 7.05 Å². The molecule has 0 saturated carbocycles. The highest BCUT2D eigenvalue weighted by Crippen LogP contribution is 2.68. The third kappa shape index (κ3) is 11.2. The van der Waals surface area contributed by atoms with E-state index in [0.717, 1.165) is 42.0 Å². The Morgan fingerprint density at radius 1 is 0.805 bits per heavy atom. The molecule has 41 nitrogen and oxygen atoms in total. The average Bonchev–Trinajstić information content (AvgIpc) is 3.01. The van der Waals surface area contributed by atoms with Crippen LogP contribution in [-0.4, -0.2) is 204 Å². The Morgan fingerprint density at radius 3 is 2.10 bits per heavy atom. The molecule has 0 amide bonds. The van der Waals surface area contributed by atoms with E-state index in [4.69, 9.17) is 53.2 Å². The van der Waals surface area contributed by atoms with Gasteiger partial charge in [0, 0.05) is 27.8 Å². The Hall–Kier alpha value is -5.20. The van der Waals surface area contributed by atoms with Crippen molar-refractivity contribution in [3.63, 3.8) is 0 Å². The molecule has 2 bridgehead atoms. The van der Waals surface area contributed by atoms with Crippen LogP contribution < -0.4 is 32.5 Å². The van der Waals surface area contributed by atoms with Gasteiger partial charge in [0.1, 0.15) is 66.2 Å². The number of ether oxygens (including phenoxy) is 5. The van der Waals surface area contributed by atoms with Gasteiger partial charge in [0.2, 0.25) is 27.7 Å². The molecule has 4 fully saturated rings. The summed E-state index contributed by atoms with van der Waals surface area (Å²) in [6.45, 7) is -4.00. The molecule has 10 rings (SSSR count). The van der Waals surface area contributed by atoms with Crippen LogP contribution in [0.5, 0.6) is 0 Å². The first-order chi connectivity index (χ1) is 38.4. The van der Waals surface area contributed by atoms with Crippen molar-refractivity contribution in [3.05, 3.63) is 46.0 Å². The SMILES string of the molecule is CNc1ncnc2c1ncn2[C@@H]1O[C@H](COP(=O)(O)OP(=O)(O)OP(=O)(O)OC[C@@]23CN(S(C)(=O)=O)C([C@H]([n+]4cn(C)c5c(=O)[nH]c(N)nc54)O2)[C@H]3OC)C(OP(=O)(O)OC[C@H]2O[C@@H](n3cnc4c(=O)[nH]c(N)nc43)[C@@H](O)C2O)[C@@H]1OC. The number of hydrogen-bond donors (Lipinski definition) is 11. The van der Waals surface area contributed by atoms with Crippen molar-refractivity contribution in [1.29, 1.82) is 0 Å². The largest absolute Gasteiger partial charge is 0.490 e. The third-order valence-electron chi connectivity index (χ3n) is 13.4. The second kappa shape index (κ2) is 21.7. The number of anilines is 3. The maximum atomic E-state index is 13.8. The van der Waals surface area contributed by atoms with Crippen LogP contribution in [0.3, 0.4) is 0 Å². The maximum Gasteiger partial charge on any atom is 0.490 e. The summed E-state index contributed by atoms with van der Waals surface area (Å²) in [6, 6.07) is -1.28. The summed E-state index contributed by atoms with van der Waals surface area (Å²) in [4.78, 5) is 97.8. The molecule has 0 aromatic carbocycles. The molecule has 0 radical (unpaired) electrons. The zero-order chi connectivity index (χ0) is 59.4. The highest BCUT2D eigenvalue weighted by Gasteiger charge is 2.69. The van der Waals surface area contributed by atoms with Crippen molar-refractivity contribution in [2.45, 2.75) is 73.1 Å².